The van der Waals surface area contributed by atoms with E-state index in [1.54, 1.807) is 12.1 Å². The summed E-state index contributed by atoms with van der Waals surface area (Å²) >= 11 is 0. The lowest BCUT2D eigenvalue weighted by atomic mass is 10.1. The monoisotopic (exact) mass is 296 g/mol. The summed E-state index contributed by atoms with van der Waals surface area (Å²) in [6.45, 7) is 8.50. The lowest BCUT2D eigenvalue weighted by Crippen LogP contribution is -2.35. The minimum absolute atomic E-state index is 0.0762. The van der Waals surface area contributed by atoms with Crippen LogP contribution in [0.5, 0.6) is 5.75 Å². The molecule has 0 bridgehead atoms. The zero-order chi connectivity index (χ0) is 15.8. The molecule has 0 aliphatic heterocycles. The van der Waals surface area contributed by atoms with Gasteiger partial charge in [0.05, 0.1) is 0 Å². The third-order valence-corrected chi connectivity index (χ3v) is 3.34. The number of amides is 1. The van der Waals surface area contributed by atoms with Gasteiger partial charge in [0.25, 0.3) is 5.91 Å². The van der Waals surface area contributed by atoms with E-state index in [1.807, 2.05) is 27.7 Å². The topological polar surface area (TPSA) is 50.4 Å². The Morgan fingerprint density at radius 2 is 2.05 bits per heavy atom. The highest BCUT2D eigenvalue weighted by Gasteiger charge is 2.11. The molecule has 0 heterocycles. The zero-order valence-corrected chi connectivity index (χ0v) is 13.2. The molecule has 0 saturated carbocycles. The third-order valence-electron chi connectivity index (χ3n) is 3.34. The summed E-state index contributed by atoms with van der Waals surface area (Å²) in [6, 6.07) is 4.98. The number of hydrogen-bond donors (Lipinski definition) is 2. The molecule has 1 aromatic carbocycles. The van der Waals surface area contributed by atoms with Crippen molar-refractivity contribution in [3.8, 4) is 5.75 Å². The van der Waals surface area contributed by atoms with Crippen LogP contribution >= 0.6 is 0 Å². The van der Waals surface area contributed by atoms with Crippen molar-refractivity contribution in [3.05, 3.63) is 29.6 Å². The van der Waals surface area contributed by atoms with E-state index in [0.717, 1.165) is 18.5 Å². The third kappa shape index (κ3) is 5.71. The van der Waals surface area contributed by atoms with E-state index in [0.29, 0.717) is 0 Å². The second-order valence-electron chi connectivity index (χ2n) is 5.13. The van der Waals surface area contributed by atoms with Crippen LogP contribution in [0.3, 0.4) is 0 Å². The van der Waals surface area contributed by atoms with Crippen LogP contribution in [0.2, 0.25) is 0 Å². The minimum atomic E-state index is -0.450. The summed E-state index contributed by atoms with van der Waals surface area (Å²) in [5.74, 6) is -0.593. The van der Waals surface area contributed by atoms with Crippen molar-refractivity contribution in [2.75, 3.05) is 13.2 Å². The maximum absolute atomic E-state index is 13.9. The van der Waals surface area contributed by atoms with Crippen LogP contribution in [0.1, 0.15) is 45.7 Å². The second kappa shape index (κ2) is 8.62. The van der Waals surface area contributed by atoms with Crippen LogP contribution < -0.4 is 15.4 Å². The summed E-state index contributed by atoms with van der Waals surface area (Å²) in [4.78, 5) is 11.6. The summed E-state index contributed by atoms with van der Waals surface area (Å²) < 4.78 is 19.2. The first kappa shape index (κ1) is 17.4. The molecule has 1 amide bonds. The van der Waals surface area contributed by atoms with Crippen LogP contribution in [-0.4, -0.2) is 25.1 Å². The average molecular weight is 296 g/mol. The van der Waals surface area contributed by atoms with E-state index >= 15 is 0 Å². The molecule has 21 heavy (non-hydrogen) atoms. The Hall–Kier alpha value is -1.62. The number of halogens is 1. The van der Waals surface area contributed by atoms with E-state index < -0.39 is 5.82 Å². The second-order valence-corrected chi connectivity index (χ2v) is 5.13. The fourth-order valence-electron chi connectivity index (χ4n) is 1.89. The molecule has 0 radical (unpaired) electrons. The van der Waals surface area contributed by atoms with Gasteiger partial charge in [0.2, 0.25) is 0 Å². The first-order valence-electron chi connectivity index (χ1n) is 7.42. The molecule has 1 aromatic rings. The summed E-state index contributed by atoms with van der Waals surface area (Å²) in [5.41, 5.74) is 0.853. The first-order chi connectivity index (χ1) is 9.97. The standard InChI is InChI=1S/C16H25FN2O2/c1-5-11(3)19-16(20)10-21-15-8-7-13(9-14(15)17)12(4)18-6-2/h7-9,11-12,18H,5-6,10H2,1-4H3,(H,19,20). The van der Waals surface area contributed by atoms with Crippen molar-refractivity contribution < 1.29 is 13.9 Å². The van der Waals surface area contributed by atoms with Gasteiger partial charge in [-0.3, -0.25) is 4.79 Å². The van der Waals surface area contributed by atoms with E-state index in [1.165, 1.54) is 6.07 Å². The van der Waals surface area contributed by atoms with Gasteiger partial charge in [0.15, 0.2) is 18.2 Å². The molecule has 0 fully saturated rings. The Bertz CT molecular complexity index is 466. The Morgan fingerprint density at radius 3 is 2.62 bits per heavy atom. The molecule has 118 valence electrons. The first-order valence-corrected chi connectivity index (χ1v) is 7.42. The maximum Gasteiger partial charge on any atom is 0.258 e. The highest BCUT2D eigenvalue weighted by molar-refractivity contribution is 5.77. The molecule has 0 aromatic heterocycles. The van der Waals surface area contributed by atoms with Crippen molar-refractivity contribution >= 4 is 5.91 Å². The van der Waals surface area contributed by atoms with Gasteiger partial charge < -0.3 is 15.4 Å². The molecule has 2 unspecified atom stereocenters. The highest BCUT2D eigenvalue weighted by Crippen LogP contribution is 2.22. The van der Waals surface area contributed by atoms with Crippen molar-refractivity contribution in [1.82, 2.24) is 10.6 Å². The predicted octanol–water partition coefficient (Wildman–Crippen LogP) is 2.79. The van der Waals surface area contributed by atoms with Crippen LogP contribution in [0, 0.1) is 5.82 Å². The molecule has 1 rings (SSSR count). The van der Waals surface area contributed by atoms with Gasteiger partial charge in [0, 0.05) is 12.1 Å². The Balaban J connectivity index is 2.58. The van der Waals surface area contributed by atoms with E-state index in [4.69, 9.17) is 4.74 Å². The Labute approximate surface area is 126 Å². The van der Waals surface area contributed by atoms with Crippen molar-refractivity contribution in [1.29, 1.82) is 0 Å². The van der Waals surface area contributed by atoms with Gasteiger partial charge in [0.1, 0.15) is 0 Å². The number of hydrogen-bond acceptors (Lipinski definition) is 3. The number of nitrogens with one attached hydrogen (secondary N) is 2. The number of benzene rings is 1. The minimum Gasteiger partial charge on any atom is -0.481 e. The largest absolute Gasteiger partial charge is 0.481 e. The molecule has 0 aliphatic carbocycles. The fourth-order valence-corrected chi connectivity index (χ4v) is 1.89. The predicted molar refractivity (Wildman–Crippen MR) is 81.9 cm³/mol. The fraction of sp³-hybridized carbons (Fsp3) is 0.562. The molecule has 5 heteroatoms. The number of carbonyl (C=O) groups excluding carboxylic acids is 1. The van der Waals surface area contributed by atoms with Crippen molar-refractivity contribution in [3.63, 3.8) is 0 Å². The van der Waals surface area contributed by atoms with Crippen LogP contribution in [0.15, 0.2) is 18.2 Å². The van der Waals surface area contributed by atoms with Gasteiger partial charge >= 0.3 is 0 Å². The summed E-state index contributed by atoms with van der Waals surface area (Å²) in [5, 5.41) is 5.98. The Kier molecular flexibility index (Phi) is 7.15. The molecule has 2 atom stereocenters. The van der Waals surface area contributed by atoms with Gasteiger partial charge in [-0.25, -0.2) is 4.39 Å². The van der Waals surface area contributed by atoms with Gasteiger partial charge in [-0.15, -0.1) is 0 Å². The van der Waals surface area contributed by atoms with Gasteiger partial charge in [-0.05, 0) is 44.5 Å². The SMILES string of the molecule is CCNC(C)c1ccc(OCC(=O)NC(C)CC)c(F)c1. The molecular formula is C16H25FN2O2. The van der Waals surface area contributed by atoms with Gasteiger partial charge in [-0.1, -0.05) is 19.9 Å². The lowest BCUT2D eigenvalue weighted by molar-refractivity contribution is -0.123. The normalized spacial score (nSPS) is 13.6. The van der Waals surface area contributed by atoms with Crippen molar-refractivity contribution in [2.45, 2.75) is 46.2 Å². The molecular weight excluding hydrogens is 271 g/mol. The van der Waals surface area contributed by atoms with E-state index in [2.05, 4.69) is 10.6 Å². The van der Waals surface area contributed by atoms with Crippen LogP contribution in [-0.2, 0) is 4.79 Å². The Morgan fingerprint density at radius 1 is 1.33 bits per heavy atom. The smallest absolute Gasteiger partial charge is 0.258 e. The maximum atomic E-state index is 13.9. The van der Waals surface area contributed by atoms with Crippen molar-refractivity contribution in [2.24, 2.45) is 0 Å². The van der Waals surface area contributed by atoms with Crippen LogP contribution in [0.25, 0.3) is 0 Å². The highest BCUT2D eigenvalue weighted by atomic mass is 19.1. The molecule has 0 saturated heterocycles. The summed E-state index contributed by atoms with van der Waals surface area (Å²) in [7, 11) is 0. The molecule has 0 spiro atoms. The van der Waals surface area contributed by atoms with E-state index in [9.17, 15) is 9.18 Å². The quantitative estimate of drug-likeness (QED) is 0.775. The zero-order valence-electron chi connectivity index (χ0n) is 13.2. The molecule has 0 aliphatic rings. The summed E-state index contributed by atoms with van der Waals surface area (Å²) in [6.07, 6.45) is 0.844. The number of ether oxygens (including phenoxy) is 1. The van der Waals surface area contributed by atoms with Gasteiger partial charge in [-0.2, -0.15) is 0 Å². The lowest BCUT2D eigenvalue weighted by Gasteiger charge is -2.15. The number of carbonyl (C=O) groups is 1. The molecule has 4 nitrogen and oxygen atoms in total. The van der Waals surface area contributed by atoms with Crippen LogP contribution in [0.4, 0.5) is 4.39 Å². The number of rotatable bonds is 8. The van der Waals surface area contributed by atoms with E-state index in [-0.39, 0.29) is 30.3 Å². The molecule has 2 N–H and O–H groups in total. The average Bonchev–Trinajstić information content (AvgIpc) is 2.46.